The van der Waals surface area contributed by atoms with Crippen molar-refractivity contribution in [2.45, 2.75) is 0 Å². The Morgan fingerprint density at radius 3 is 2.29 bits per heavy atom. The van der Waals surface area contributed by atoms with E-state index in [1.807, 2.05) is 0 Å². The van der Waals surface area contributed by atoms with Crippen LogP contribution in [0.1, 0.15) is 0 Å². The fourth-order valence-electron chi connectivity index (χ4n) is 0.0945. The second-order valence-corrected chi connectivity index (χ2v) is 2.76. The highest BCUT2D eigenvalue weighted by atomic mass is 32.7. The molecule has 0 aliphatic carbocycles. The lowest BCUT2D eigenvalue weighted by atomic mass is 10.8. The van der Waals surface area contributed by atoms with E-state index in [1.165, 1.54) is 0 Å². The van der Waals surface area contributed by atoms with Gasteiger partial charge in [0.25, 0.3) is 0 Å². The van der Waals surface area contributed by atoms with Gasteiger partial charge in [0.15, 0.2) is 0 Å². The number of aliphatic carboxylic acids is 1. The Kier molecular flexibility index (Phi) is 3.00. The lowest BCUT2D eigenvalue weighted by Gasteiger charge is -1.77. The highest BCUT2D eigenvalue weighted by Gasteiger charge is 1.91. The molecule has 0 amide bonds. The zero-order valence-electron chi connectivity index (χ0n) is 3.24. The van der Waals surface area contributed by atoms with Crippen LogP contribution < -0.4 is 0 Å². The van der Waals surface area contributed by atoms with Gasteiger partial charge in [-0.3, -0.25) is 0 Å². The van der Waals surface area contributed by atoms with Crippen LogP contribution in [0.25, 0.3) is 0 Å². The molecule has 0 bridgehead atoms. The third kappa shape index (κ3) is 5.95. The van der Waals surface area contributed by atoms with Gasteiger partial charge in [0.1, 0.15) is 6.97 Å². The first kappa shape index (κ1) is 6.95. The Morgan fingerprint density at radius 1 is 1.86 bits per heavy atom. The molecular weight excluding hydrogens is 135 g/mol. The van der Waals surface area contributed by atoms with Crippen LogP contribution in [-0.2, 0) is 17.0 Å². The summed E-state index contributed by atoms with van der Waals surface area (Å²) in [6.07, 6.45) is 0. The second kappa shape index (κ2) is 3.02. The van der Waals surface area contributed by atoms with Gasteiger partial charge in [0, 0.05) is 0 Å². The van der Waals surface area contributed by atoms with Crippen LogP contribution in [0.5, 0.6) is 0 Å². The summed E-state index contributed by atoms with van der Waals surface area (Å²) in [6, 6.07) is 0. The highest BCUT2D eigenvalue weighted by molar-refractivity contribution is 8.30. The van der Waals surface area contributed by atoms with E-state index in [2.05, 4.69) is 12.2 Å². The van der Waals surface area contributed by atoms with Crippen LogP contribution in [0.2, 0.25) is 0 Å². The summed E-state index contributed by atoms with van der Waals surface area (Å²) in [7, 11) is 0. The Morgan fingerprint density at radius 2 is 2.29 bits per heavy atom. The molecule has 0 spiro atoms. The quantitative estimate of drug-likeness (QED) is 0.386. The summed E-state index contributed by atoms with van der Waals surface area (Å²) in [5.74, 6) is -0.478. The summed E-state index contributed by atoms with van der Waals surface area (Å²) < 4.78 is 0. The number of carbonyl (C=O) groups is 1. The molecule has 5 heteroatoms. The molecule has 0 fully saturated rings. The van der Waals surface area contributed by atoms with E-state index in [4.69, 9.17) is 10.00 Å². The first-order chi connectivity index (χ1) is 3.13. The molecule has 0 heterocycles. The van der Waals surface area contributed by atoms with Crippen molar-refractivity contribution in [1.82, 2.24) is 0 Å². The van der Waals surface area contributed by atoms with Crippen molar-refractivity contribution >= 4 is 31.0 Å². The van der Waals surface area contributed by atoms with E-state index in [-0.39, 0.29) is 0 Å². The van der Waals surface area contributed by atoms with Crippen LogP contribution in [-0.4, -0.2) is 21.8 Å². The maximum atomic E-state index is 9.54. The molecule has 0 aromatic heterocycles. The lowest BCUT2D eigenvalue weighted by Crippen LogP contribution is -1.92. The summed E-state index contributed by atoms with van der Waals surface area (Å²) in [5, 5.41) is 7.82. The molecule has 1 unspecified atom stereocenters. The summed E-state index contributed by atoms with van der Waals surface area (Å²) in [5.41, 5.74) is 0. The van der Waals surface area contributed by atoms with Crippen molar-refractivity contribution < 1.29 is 14.8 Å². The van der Waals surface area contributed by atoms with Crippen molar-refractivity contribution in [3.05, 3.63) is 0 Å². The molecule has 0 aromatic carbocycles. The van der Waals surface area contributed by atoms with Crippen molar-refractivity contribution in [2.24, 2.45) is 0 Å². The molecule has 0 saturated heterocycles. The van der Waals surface area contributed by atoms with Crippen LogP contribution >= 0.6 is 6.97 Å². The van der Waals surface area contributed by atoms with Crippen molar-refractivity contribution in [1.29, 1.82) is 0 Å². The summed E-state index contributed by atoms with van der Waals surface area (Å²) >= 11 is 4.14. The SMILES string of the molecule is O=C(O)C=[P+](O)[S-]. The molecule has 0 radical (unpaired) electrons. The van der Waals surface area contributed by atoms with Gasteiger partial charge in [0.2, 0.25) is 5.80 Å². The zero-order chi connectivity index (χ0) is 5.86. The Labute approximate surface area is 46.6 Å². The molecular formula is C2H3O3PS. The van der Waals surface area contributed by atoms with Crippen LogP contribution in [0, 0.1) is 0 Å². The van der Waals surface area contributed by atoms with Gasteiger partial charge in [-0.15, -0.1) is 0 Å². The number of hydrogen-bond acceptors (Lipinski definition) is 3. The van der Waals surface area contributed by atoms with Crippen molar-refractivity contribution in [3.63, 3.8) is 0 Å². The summed E-state index contributed by atoms with van der Waals surface area (Å²) in [4.78, 5) is 17.7. The molecule has 0 saturated carbocycles. The smallest absolute Gasteiger partial charge is 0.372 e. The fraction of sp³-hybridized carbons (Fsp3) is 0. The first-order valence-electron chi connectivity index (χ1n) is 1.36. The summed E-state index contributed by atoms with van der Waals surface area (Å²) in [6.45, 7) is -1.78. The van der Waals surface area contributed by atoms with Gasteiger partial charge >= 0.3 is 5.97 Å². The average Bonchev–Trinajstić information content (AvgIpc) is 1.27. The maximum absolute atomic E-state index is 9.54. The van der Waals surface area contributed by atoms with E-state index in [9.17, 15) is 4.79 Å². The largest absolute Gasteiger partial charge is 0.475 e. The number of carboxylic acid groups (broad SMARTS) is 1. The van der Waals surface area contributed by atoms with E-state index >= 15 is 0 Å². The number of hydrogen-bond donors (Lipinski definition) is 2. The van der Waals surface area contributed by atoms with E-state index < -0.39 is 12.9 Å². The van der Waals surface area contributed by atoms with Gasteiger partial charge in [-0.25, -0.2) is 9.69 Å². The normalized spacial score (nSPS) is 11.4. The number of rotatable bonds is 1. The van der Waals surface area contributed by atoms with Crippen LogP contribution in [0.15, 0.2) is 0 Å². The Balaban J connectivity index is 3.68. The van der Waals surface area contributed by atoms with Crippen molar-refractivity contribution in [2.75, 3.05) is 0 Å². The lowest BCUT2D eigenvalue weighted by molar-refractivity contribution is -0.128. The minimum Gasteiger partial charge on any atom is -0.475 e. The molecule has 3 nitrogen and oxygen atoms in total. The molecule has 40 valence electrons. The first-order valence-corrected chi connectivity index (χ1v) is 3.73. The van der Waals surface area contributed by atoms with Gasteiger partial charge in [-0.1, -0.05) is 0 Å². The van der Waals surface area contributed by atoms with E-state index in [0.29, 0.717) is 5.80 Å². The van der Waals surface area contributed by atoms with E-state index in [0.717, 1.165) is 0 Å². The third-order valence-electron chi connectivity index (χ3n) is 0.221. The van der Waals surface area contributed by atoms with Crippen LogP contribution in [0.4, 0.5) is 0 Å². The molecule has 2 N–H and O–H groups in total. The average molecular weight is 138 g/mol. The minimum absolute atomic E-state index is 0.685. The van der Waals surface area contributed by atoms with E-state index in [1.54, 1.807) is 0 Å². The van der Waals surface area contributed by atoms with Gasteiger partial charge in [-0.05, 0) is 0 Å². The molecule has 0 aliphatic rings. The topological polar surface area (TPSA) is 57.5 Å². The fourth-order valence-corrected chi connectivity index (χ4v) is 0.554. The van der Waals surface area contributed by atoms with Crippen molar-refractivity contribution in [3.8, 4) is 0 Å². The minimum atomic E-state index is -1.78. The molecule has 0 aromatic rings. The van der Waals surface area contributed by atoms with Crippen LogP contribution in [0.3, 0.4) is 0 Å². The Hall–Kier alpha value is -0.0500. The van der Waals surface area contributed by atoms with Gasteiger partial charge in [0.05, 0.1) is 0 Å². The second-order valence-electron chi connectivity index (χ2n) is 0.770. The monoisotopic (exact) mass is 138 g/mol. The highest BCUT2D eigenvalue weighted by Crippen LogP contribution is 2.06. The standard InChI is InChI=1S/C2H3O3PS/c3-2(4)1-6(5)7/h1H,(H,3,4)(H,5,7). The predicted octanol–water partition coefficient (Wildman–Crippen LogP) is -0.276. The molecule has 7 heavy (non-hydrogen) atoms. The predicted molar refractivity (Wildman–Crippen MR) is 30.2 cm³/mol. The Bertz CT molecular complexity index is 106. The molecule has 0 rings (SSSR count). The van der Waals surface area contributed by atoms with Gasteiger partial charge in [-0.2, -0.15) is 0 Å². The molecule has 0 aliphatic heterocycles. The zero-order valence-corrected chi connectivity index (χ0v) is 4.95. The maximum Gasteiger partial charge on any atom is 0.372 e. The number of carboxylic acids is 1. The van der Waals surface area contributed by atoms with Gasteiger partial charge < -0.3 is 17.4 Å². The third-order valence-corrected chi connectivity index (χ3v) is 0.979. The molecule has 1 atom stereocenters.